The molecule has 0 spiro atoms. The number of aromatic nitrogens is 1. The normalized spacial score (nSPS) is 15.0. The number of thiazole rings is 1. The number of esters is 1. The van der Waals surface area contributed by atoms with E-state index >= 15 is 0 Å². The molecule has 4 aromatic rings. The van der Waals surface area contributed by atoms with Gasteiger partial charge in [-0.15, -0.1) is 11.8 Å². The summed E-state index contributed by atoms with van der Waals surface area (Å²) in [6.07, 6.45) is 3.47. The van der Waals surface area contributed by atoms with E-state index in [-0.39, 0.29) is 22.4 Å². The summed E-state index contributed by atoms with van der Waals surface area (Å²) in [6, 6.07) is 22.5. The first-order chi connectivity index (χ1) is 18.9. The number of benzene rings is 3. The van der Waals surface area contributed by atoms with Gasteiger partial charge in [-0.05, 0) is 48.6 Å². The number of carbonyl (C=O) groups excluding carboxylic acids is 1. The second kappa shape index (κ2) is 11.2. The molecule has 0 amide bonds. The van der Waals surface area contributed by atoms with Crippen LogP contribution in [0.4, 0.5) is 5.69 Å². The van der Waals surface area contributed by atoms with Gasteiger partial charge in [0.2, 0.25) is 0 Å². The second-order valence-electron chi connectivity index (χ2n) is 8.73. The Hall–Kier alpha value is -4.28. The SMILES string of the molecule is CSc1ccc(C2C(C(=O)OCc3ccccc3)=C(C)N=c3sc(=Cc4ccccc4[N+](=O)[O-])c(=O)n32)cc1. The summed E-state index contributed by atoms with van der Waals surface area (Å²) in [6.45, 7) is 1.80. The van der Waals surface area contributed by atoms with Gasteiger partial charge in [0.25, 0.3) is 11.2 Å². The second-order valence-corrected chi connectivity index (χ2v) is 10.6. The quantitative estimate of drug-likeness (QED) is 0.142. The highest BCUT2D eigenvalue weighted by Gasteiger charge is 2.33. The van der Waals surface area contributed by atoms with Crippen LogP contribution in [0.15, 0.2) is 105 Å². The predicted octanol–water partition coefficient (Wildman–Crippen LogP) is 4.61. The third-order valence-corrected chi connectivity index (χ3v) is 8.03. The van der Waals surface area contributed by atoms with E-state index in [2.05, 4.69) is 4.99 Å². The lowest BCUT2D eigenvalue weighted by atomic mass is 9.96. The van der Waals surface area contributed by atoms with Crippen LogP contribution in [0.25, 0.3) is 6.08 Å². The minimum atomic E-state index is -0.770. The van der Waals surface area contributed by atoms with E-state index in [1.807, 2.05) is 60.9 Å². The molecule has 196 valence electrons. The van der Waals surface area contributed by atoms with Crippen LogP contribution in [0.5, 0.6) is 0 Å². The molecule has 0 bridgehead atoms. The molecule has 1 aliphatic heterocycles. The van der Waals surface area contributed by atoms with Gasteiger partial charge in [0.05, 0.1) is 32.3 Å². The minimum absolute atomic E-state index is 0.0800. The molecule has 1 unspecified atom stereocenters. The monoisotopic (exact) mass is 557 g/mol. The summed E-state index contributed by atoms with van der Waals surface area (Å²) in [5.74, 6) is -0.563. The zero-order valence-electron chi connectivity index (χ0n) is 21.1. The first-order valence-electron chi connectivity index (χ1n) is 12.0. The van der Waals surface area contributed by atoms with Crippen LogP contribution < -0.4 is 14.9 Å². The van der Waals surface area contributed by atoms with Crippen LogP contribution in [0.1, 0.15) is 29.7 Å². The van der Waals surface area contributed by atoms with E-state index < -0.39 is 22.5 Å². The molecule has 0 aliphatic carbocycles. The van der Waals surface area contributed by atoms with Gasteiger partial charge in [0, 0.05) is 11.0 Å². The number of ether oxygens (including phenoxy) is 1. The lowest BCUT2D eigenvalue weighted by Gasteiger charge is -2.25. The Balaban J connectivity index is 1.64. The Morgan fingerprint density at radius 1 is 1.10 bits per heavy atom. The summed E-state index contributed by atoms with van der Waals surface area (Å²) in [5.41, 5.74) is 2.11. The number of hydrogen-bond donors (Lipinski definition) is 0. The fourth-order valence-corrected chi connectivity index (χ4v) is 5.85. The molecule has 1 atom stereocenters. The van der Waals surface area contributed by atoms with Crippen molar-refractivity contribution in [1.82, 2.24) is 4.57 Å². The Bertz CT molecular complexity index is 1770. The van der Waals surface area contributed by atoms with E-state index in [1.165, 1.54) is 16.7 Å². The van der Waals surface area contributed by atoms with Gasteiger partial charge in [-0.3, -0.25) is 19.5 Å². The maximum atomic E-state index is 13.8. The lowest BCUT2D eigenvalue weighted by Crippen LogP contribution is -2.39. The zero-order valence-corrected chi connectivity index (χ0v) is 22.7. The molecule has 0 radical (unpaired) electrons. The number of fused-ring (bicyclic) bond motifs is 1. The molecule has 0 N–H and O–H groups in total. The van der Waals surface area contributed by atoms with Gasteiger partial charge in [0.1, 0.15) is 6.61 Å². The number of nitro benzene ring substituents is 1. The van der Waals surface area contributed by atoms with Crippen molar-refractivity contribution >= 4 is 40.8 Å². The third kappa shape index (κ3) is 5.34. The van der Waals surface area contributed by atoms with Gasteiger partial charge in [0.15, 0.2) is 4.80 Å². The van der Waals surface area contributed by atoms with E-state index in [9.17, 15) is 19.7 Å². The molecular weight excluding hydrogens is 534 g/mol. The number of rotatable bonds is 7. The molecule has 0 saturated heterocycles. The third-order valence-electron chi connectivity index (χ3n) is 6.31. The summed E-state index contributed by atoms with van der Waals surface area (Å²) in [5, 5.41) is 11.5. The van der Waals surface area contributed by atoms with Crippen molar-refractivity contribution in [2.24, 2.45) is 4.99 Å². The highest BCUT2D eigenvalue weighted by Crippen LogP contribution is 2.32. The Labute approximate surface area is 231 Å². The molecule has 39 heavy (non-hydrogen) atoms. The molecule has 0 fully saturated rings. The number of hydrogen-bond acceptors (Lipinski definition) is 8. The molecule has 1 aliphatic rings. The standard InChI is InChI=1S/C29H23N3O5S2/c1-18-25(28(34)37-17-19-8-4-3-5-9-19)26(20-12-14-22(38-2)15-13-20)31-27(33)24(39-29(31)30-18)16-21-10-6-7-11-23(21)32(35)36/h3-16,26H,17H2,1-2H3. The van der Waals surface area contributed by atoms with Crippen LogP contribution in [-0.4, -0.2) is 21.7 Å². The van der Waals surface area contributed by atoms with Crippen molar-refractivity contribution in [3.63, 3.8) is 0 Å². The van der Waals surface area contributed by atoms with Gasteiger partial charge < -0.3 is 4.74 Å². The van der Waals surface area contributed by atoms with Crippen LogP contribution in [-0.2, 0) is 16.1 Å². The largest absolute Gasteiger partial charge is 0.457 e. The number of para-hydroxylation sites is 1. The minimum Gasteiger partial charge on any atom is -0.457 e. The summed E-state index contributed by atoms with van der Waals surface area (Å²) >= 11 is 2.71. The number of thioether (sulfide) groups is 1. The summed E-state index contributed by atoms with van der Waals surface area (Å²) < 4.78 is 7.43. The number of allylic oxidation sites excluding steroid dienone is 1. The first kappa shape index (κ1) is 26.3. The number of nitrogens with zero attached hydrogens (tertiary/aromatic N) is 3. The van der Waals surface area contributed by atoms with Gasteiger partial charge >= 0.3 is 5.97 Å². The molecule has 10 heteroatoms. The van der Waals surface area contributed by atoms with E-state index in [1.54, 1.807) is 36.9 Å². The fourth-order valence-electron chi connectivity index (χ4n) is 4.40. The van der Waals surface area contributed by atoms with Crippen molar-refractivity contribution in [3.8, 4) is 0 Å². The highest BCUT2D eigenvalue weighted by molar-refractivity contribution is 7.98. The number of carbonyl (C=O) groups is 1. The molecule has 3 aromatic carbocycles. The molecule has 5 rings (SSSR count). The molecular formula is C29H23N3O5S2. The lowest BCUT2D eigenvalue weighted by molar-refractivity contribution is -0.385. The summed E-state index contributed by atoms with van der Waals surface area (Å²) in [4.78, 5) is 44.4. The topological polar surface area (TPSA) is 104 Å². The van der Waals surface area contributed by atoms with E-state index in [0.717, 1.165) is 27.4 Å². The summed E-state index contributed by atoms with van der Waals surface area (Å²) in [7, 11) is 0. The first-order valence-corrected chi connectivity index (χ1v) is 14.0. The fraction of sp³-hybridized carbons (Fsp3) is 0.138. The Kier molecular flexibility index (Phi) is 7.58. The van der Waals surface area contributed by atoms with Crippen LogP contribution in [0.3, 0.4) is 0 Å². The molecule has 2 heterocycles. The van der Waals surface area contributed by atoms with Gasteiger partial charge in [-0.1, -0.05) is 65.9 Å². The predicted molar refractivity (Wildman–Crippen MR) is 151 cm³/mol. The smallest absolute Gasteiger partial charge is 0.338 e. The van der Waals surface area contributed by atoms with Crippen molar-refractivity contribution in [3.05, 3.63) is 137 Å². The maximum Gasteiger partial charge on any atom is 0.338 e. The van der Waals surface area contributed by atoms with Crippen LogP contribution >= 0.6 is 23.1 Å². The Morgan fingerprint density at radius 3 is 2.49 bits per heavy atom. The van der Waals surface area contributed by atoms with Crippen molar-refractivity contribution in [2.45, 2.75) is 24.5 Å². The van der Waals surface area contributed by atoms with Gasteiger partial charge in [-0.25, -0.2) is 9.79 Å². The van der Waals surface area contributed by atoms with Gasteiger partial charge in [-0.2, -0.15) is 0 Å². The van der Waals surface area contributed by atoms with Crippen LogP contribution in [0, 0.1) is 10.1 Å². The number of nitro groups is 1. The van der Waals surface area contributed by atoms with Crippen molar-refractivity contribution in [2.75, 3.05) is 6.26 Å². The van der Waals surface area contributed by atoms with E-state index in [4.69, 9.17) is 4.74 Å². The Morgan fingerprint density at radius 2 is 1.79 bits per heavy atom. The highest BCUT2D eigenvalue weighted by atomic mass is 32.2. The average molecular weight is 558 g/mol. The van der Waals surface area contributed by atoms with E-state index in [0.29, 0.717) is 16.1 Å². The van der Waals surface area contributed by atoms with Crippen molar-refractivity contribution in [1.29, 1.82) is 0 Å². The van der Waals surface area contributed by atoms with Crippen molar-refractivity contribution < 1.29 is 14.5 Å². The molecule has 8 nitrogen and oxygen atoms in total. The maximum absolute atomic E-state index is 13.8. The van der Waals surface area contributed by atoms with Crippen LogP contribution in [0.2, 0.25) is 0 Å². The average Bonchev–Trinajstić information content (AvgIpc) is 3.25. The molecule has 0 saturated carbocycles. The zero-order chi connectivity index (χ0) is 27.5. The molecule has 1 aromatic heterocycles.